The highest BCUT2D eigenvalue weighted by atomic mass is 35.5. The predicted octanol–water partition coefficient (Wildman–Crippen LogP) is 2.50. The second kappa shape index (κ2) is 8.96. The first kappa shape index (κ1) is 18.7. The maximum atomic E-state index is 12.4. The van der Waals surface area contributed by atoms with Crippen molar-refractivity contribution in [2.75, 3.05) is 26.3 Å². The van der Waals surface area contributed by atoms with Crippen LogP contribution in [0.25, 0.3) is 0 Å². The van der Waals surface area contributed by atoms with Crippen LogP contribution in [0, 0.1) is 17.3 Å². The summed E-state index contributed by atoms with van der Waals surface area (Å²) >= 11 is 0. The number of rotatable bonds is 5. The molecule has 1 heterocycles. The van der Waals surface area contributed by atoms with Gasteiger partial charge in [-0.05, 0) is 37.5 Å². The minimum atomic E-state index is -0.377. The van der Waals surface area contributed by atoms with Crippen LogP contribution in [0.4, 0.5) is 0 Å². The molecule has 2 unspecified atom stereocenters. The number of carbonyl (C=O) groups excluding carboxylic acids is 1. The van der Waals surface area contributed by atoms with Crippen LogP contribution in [-0.2, 0) is 9.53 Å². The Hall–Kier alpha value is -0.320. The zero-order valence-electron chi connectivity index (χ0n) is 13.2. The van der Waals surface area contributed by atoms with E-state index < -0.39 is 0 Å². The quantitative estimate of drug-likeness (QED) is 0.818. The minimum Gasteiger partial charge on any atom is -0.381 e. The molecule has 0 aromatic rings. The smallest absolute Gasteiger partial charge is 0.227 e. The van der Waals surface area contributed by atoms with Gasteiger partial charge in [0.25, 0.3) is 0 Å². The second-order valence-corrected chi connectivity index (χ2v) is 6.78. The number of carbonyl (C=O) groups is 1. The summed E-state index contributed by atoms with van der Waals surface area (Å²) in [6.07, 6.45) is 8.02. The minimum absolute atomic E-state index is 0. The van der Waals surface area contributed by atoms with E-state index in [-0.39, 0.29) is 23.7 Å². The Morgan fingerprint density at radius 3 is 2.67 bits per heavy atom. The maximum Gasteiger partial charge on any atom is 0.227 e. The Labute approximate surface area is 135 Å². The van der Waals surface area contributed by atoms with Crippen LogP contribution in [-0.4, -0.2) is 32.2 Å². The third-order valence-corrected chi connectivity index (χ3v) is 5.21. The van der Waals surface area contributed by atoms with Crippen molar-refractivity contribution >= 4 is 18.3 Å². The van der Waals surface area contributed by atoms with Crippen LogP contribution >= 0.6 is 12.4 Å². The van der Waals surface area contributed by atoms with Gasteiger partial charge in [0.05, 0.1) is 5.41 Å². The van der Waals surface area contributed by atoms with Gasteiger partial charge in [0.2, 0.25) is 5.91 Å². The zero-order valence-corrected chi connectivity index (χ0v) is 14.1. The van der Waals surface area contributed by atoms with Gasteiger partial charge in [0.15, 0.2) is 0 Å². The van der Waals surface area contributed by atoms with E-state index in [9.17, 15) is 4.79 Å². The highest BCUT2D eigenvalue weighted by Crippen LogP contribution is 2.31. The summed E-state index contributed by atoms with van der Waals surface area (Å²) in [5.41, 5.74) is 5.48. The summed E-state index contributed by atoms with van der Waals surface area (Å²) in [7, 11) is 0. The van der Waals surface area contributed by atoms with Crippen molar-refractivity contribution < 1.29 is 9.53 Å². The largest absolute Gasteiger partial charge is 0.381 e. The van der Waals surface area contributed by atoms with Crippen molar-refractivity contribution in [3.63, 3.8) is 0 Å². The zero-order chi connectivity index (χ0) is 14.4. The molecular formula is C16H31ClN2O2. The van der Waals surface area contributed by atoms with E-state index in [1.165, 1.54) is 25.7 Å². The van der Waals surface area contributed by atoms with Crippen molar-refractivity contribution in [3.05, 3.63) is 0 Å². The molecule has 124 valence electrons. The summed E-state index contributed by atoms with van der Waals surface area (Å²) in [5.74, 6) is 1.80. The molecule has 0 bridgehead atoms. The molecule has 0 aromatic carbocycles. The maximum absolute atomic E-state index is 12.4. The van der Waals surface area contributed by atoms with Crippen LogP contribution in [0.2, 0.25) is 0 Å². The number of hydrogen-bond donors (Lipinski definition) is 2. The molecule has 0 spiro atoms. The number of halogens is 1. The lowest BCUT2D eigenvalue weighted by Crippen LogP contribution is -2.49. The third kappa shape index (κ3) is 5.11. The molecule has 1 aliphatic carbocycles. The molecule has 4 nitrogen and oxygen atoms in total. The van der Waals surface area contributed by atoms with Crippen LogP contribution in [0.3, 0.4) is 0 Å². The molecule has 1 aliphatic heterocycles. The lowest BCUT2D eigenvalue weighted by atomic mass is 9.79. The van der Waals surface area contributed by atoms with E-state index in [4.69, 9.17) is 10.5 Å². The summed E-state index contributed by atoms with van der Waals surface area (Å²) in [4.78, 5) is 12.4. The molecule has 0 aromatic heterocycles. The Bertz CT molecular complexity index is 319. The van der Waals surface area contributed by atoms with Gasteiger partial charge < -0.3 is 15.8 Å². The van der Waals surface area contributed by atoms with Crippen LogP contribution in [0.15, 0.2) is 0 Å². The Morgan fingerprint density at radius 1 is 1.33 bits per heavy atom. The van der Waals surface area contributed by atoms with Gasteiger partial charge in [-0.15, -0.1) is 12.4 Å². The van der Waals surface area contributed by atoms with E-state index in [0.717, 1.165) is 37.6 Å². The first-order valence-electron chi connectivity index (χ1n) is 8.22. The van der Waals surface area contributed by atoms with Crippen molar-refractivity contribution in [1.82, 2.24) is 5.32 Å². The van der Waals surface area contributed by atoms with Crippen molar-refractivity contribution in [2.45, 2.75) is 51.9 Å². The highest BCUT2D eigenvalue weighted by Gasteiger charge is 2.38. The standard InChI is InChI=1S/C16H30N2O2.ClH/c1-13-3-2-4-14(11-13)5-8-18-15(19)16(12-17)6-9-20-10-7-16;/h13-14H,2-12,17H2,1H3,(H,18,19);1H. The molecule has 5 heteroatoms. The fourth-order valence-corrected chi connectivity index (χ4v) is 3.69. The van der Waals surface area contributed by atoms with Gasteiger partial charge in [-0.2, -0.15) is 0 Å². The third-order valence-electron chi connectivity index (χ3n) is 5.21. The van der Waals surface area contributed by atoms with E-state index in [0.29, 0.717) is 19.8 Å². The number of nitrogens with two attached hydrogens (primary N) is 1. The van der Waals surface area contributed by atoms with Crippen molar-refractivity contribution in [3.8, 4) is 0 Å². The monoisotopic (exact) mass is 318 g/mol. The molecule has 21 heavy (non-hydrogen) atoms. The Morgan fingerprint density at radius 2 is 2.05 bits per heavy atom. The molecule has 2 rings (SSSR count). The van der Waals surface area contributed by atoms with Gasteiger partial charge in [-0.1, -0.05) is 26.2 Å². The molecule has 0 radical (unpaired) electrons. The lowest BCUT2D eigenvalue weighted by Gasteiger charge is -2.35. The van der Waals surface area contributed by atoms with E-state index in [1.807, 2.05) is 0 Å². The number of ether oxygens (including phenoxy) is 1. The average Bonchev–Trinajstić information content (AvgIpc) is 2.48. The second-order valence-electron chi connectivity index (χ2n) is 6.78. The predicted molar refractivity (Wildman–Crippen MR) is 87.5 cm³/mol. The molecule has 1 amide bonds. The summed E-state index contributed by atoms with van der Waals surface area (Å²) in [6.45, 7) is 4.90. The van der Waals surface area contributed by atoms with E-state index in [2.05, 4.69) is 12.2 Å². The van der Waals surface area contributed by atoms with E-state index >= 15 is 0 Å². The van der Waals surface area contributed by atoms with Crippen LogP contribution < -0.4 is 11.1 Å². The molecule has 2 aliphatic rings. The summed E-state index contributed by atoms with van der Waals surface area (Å²) < 4.78 is 5.35. The first-order valence-corrected chi connectivity index (χ1v) is 8.22. The first-order chi connectivity index (χ1) is 9.66. The van der Waals surface area contributed by atoms with Crippen LogP contribution in [0.1, 0.15) is 51.9 Å². The Balaban J connectivity index is 0.00000220. The fourth-order valence-electron chi connectivity index (χ4n) is 3.69. The van der Waals surface area contributed by atoms with Crippen molar-refractivity contribution in [1.29, 1.82) is 0 Å². The molecule has 1 saturated heterocycles. The Kier molecular flexibility index (Phi) is 7.99. The number of hydrogen-bond acceptors (Lipinski definition) is 3. The molecule has 2 atom stereocenters. The van der Waals surface area contributed by atoms with Gasteiger partial charge in [0, 0.05) is 26.3 Å². The normalized spacial score (nSPS) is 28.5. The van der Waals surface area contributed by atoms with Gasteiger partial charge in [0.1, 0.15) is 0 Å². The van der Waals surface area contributed by atoms with Gasteiger partial charge in [-0.25, -0.2) is 0 Å². The van der Waals surface area contributed by atoms with Crippen LogP contribution in [0.5, 0.6) is 0 Å². The molecule has 1 saturated carbocycles. The summed E-state index contributed by atoms with van der Waals surface area (Å²) in [5, 5.41) is 3.13. The molecule has 2 fully saturated rings. The average molecular weight is 319 g/mol. The SMILES string of the molecule is CC1CCCC(CCNC(=O)C2(CN)CCOCC2)C1.Cl. The van der Waals surface area contributed by atoms with E-state index in [1.54, 1.807) is 0 Å². The van der Waals surface area contributed by atoms with Gasteiger partial charge in [-0.3, -0.25) is 4.79 Å². The lowest BCUT2D eigenvalue weighted by molar-refractivity contribution is -0.135. The number of nitrogens with one attached hydrogen (secondary N) is 1. The highest BCUT2D eigenvalue weighted by molar-refractivity contribution is 5.85. The summed E-state index contributed by atoms with van der Waals surface area (Å²) in [6, 6.07) is 0. The molecular weight excluding hydrogens is 288 g/mol. The molecule has 3 N–H and O–H groups in total. The number of amides is 1. The topological polar surface area (TPSA) is 64.4 Å². The van der Waals surface area contributed by atoms with Crippen molar-refractivity contribution in [2.24, 2.45) is 23.0 Å². The fraction of sp³-hybridized carbons (Fsp3) is 0.938. The van der Waals surface area contributed by atoms with Gasteiger partial charge >= 0.3 is 0 Å².